The summed E-state index contributed by atoms with van der Waals surface area (Å²) in [7, 11) is 0. The zero-order valence-corrected chi connectivity index (χ0v) is 10.1. The molecule has 0 aliphatic heterocycles. The molecule has 0 saturated heterocycles. The third kappa shape index (κ3) is 3.78. The Morgan fingerprint density at radius 1 is 1.43 bits per heavy atom. The van der Waals surface area contributed by atoms with E-state index in [4.69, 9.17) is 0 Å². The van der Waals surface area contributed by atoms with Crippen LogP contribution in [-0.4, -0.2) is 19.1 Å². The second kappa shape index (κ2) is 6.17. The molecule has 2 N–H and O–H groups in total. The number of rotatable bonds is 6. The molecule has 0 fully saturated rings. The second-order valence-corrected chi connectivity index (χ2v) is 4.41. The summed E-state index contributed by atoms with van der Waals surface area (Å²) in [5, 5.41) is 11.3. The van der Waals surface area contributed by atoms with Crippen LogP contribution in [0.25, 0.3) is 0 Å². The maximum atomic E-state index is 3.50. The van der Waals surface area contributed by atoms with Crippen LogP contribution in [0.2, 0.25) is 0 Å². The van der Waals surface area contributed by atoms with Crippen molar-refractivity contribution >= 4 is 11.3 Å². The van der Waals surface area contributed by atoms with Crippen LogP contribution >= 0.6 is 11.3 Å². The highest BCUT2D eigenvalue weighted by Gasteiger charge is 2.02. The quantitative estimate of drug-likeness (QED) is 0.755. The molecule has 0 amide bonds. The van der Waals surface area contributed by atoms with Crippen LogP contribution in [0.5, 0.6) is 0 Å². The molecule has 80 valence electrons. The molecule has 0 aliphatic carbocycles. The smallest absolute Gasteiger partial charge is 0.0219 e. The van der Waals surface area contributed by atoms with Crippen molar-refractivity contribution in [2.75, 3.05) is 13.1 Å². The van der Waals surface area contributed by atoms with E-state index in [0.29, 0.717) is 6.04 Å². The number of thiophene rings is 1. The lowest BCUT2D eigenvalue weighted by atomic mass is 10.2. The fraction of sp³-hybridized carbons (Fsp3) is 0.636. The van der Waals surface area contributed by atoms with Gasteiger partial charge in [-0.15, -0.1) is 0 Å². The minimum absolute atomic E-state index is 0.536. The third-order valence-corrected chi connectivity index (χ3v) is 3.21. The van der Waals surface area contributed by atoms with E-state index in [0.717, 1.165) is 19.6 Å². The maximum Gasteiger partial charge on any atom is 0.0219 e. The van der Waals surface area contributed by atoms with Gasteiger partial charge in [-0.1, -0.05) is 6.92 Å². The van der Waals surface area contributed by atoms with Gasteiger partial charge in [0, 0.05) is 19.1 Å². The van der Waals surface area contributed by atoms with Crippen LogP contribution in [0.4, 0.5) is 0 Å². The van der Waals surface area contributed by atoms with Gasteiger partial charge in [0.15, 0.2) is 0 Å². The Hall–Kier alpha value is -0.380. The standard InChI is InChI=1S/C11H20N2S/c1-4-12-5-10(3)13-6-11-8-14-7-9(11)2/h7-8,10,12-13H,4-6H2,1-3H3. The summed E-state index contributed by atoms with van der Waals surface area (Å²) >= 11 is 1.78. The highest BCUT2D eigenvalue weighted by Crippen LogP contribution is 2.12. The summed E-state index contributed by atoms with van der Waals surface area (Å²) < 4.78 is 0. The highest BCUT2D eigenvalue weighted by molar-refractivity contribution is 7.08. The largest absolute Gasteiger partial charge is 0.315 e. The minimum Gasteiger partial charge on any atom is -0.315 e. The van der Waals surface area contributed by atoms with E-state index < -0.39 is 0 Å². The van der Waals surface area contributed by atoms with Crippen LogP contribution in [0.15, 0.2) is 10.8 Å². The first-order valence-corrected chi connectivity index (χ1v) is 6.14. The molecule has 0 spiro atoms. The van der Waals surface area contributed by atoms with Crippen molar-refractivity contribution in [2.24, 2.45) is 0 Å². The number of likely N-dealkylation sites (N-methyl/N-ethyl adjacent to an activating group) is 1. The van der Waals surface area contributed by atoms with Gasteiger partial charge in [-0.3, -0.25) is 0 Å². The van der Waals surface area contributed by atoms with Crippen molar-refractivity contribution in [1.82, 2.24) is 10.6 Å². The lowest BCUT2D eigenvalue weighted by Gasteiger charge is -2.13. The van der Waals surface area contributed by atoms with E-state index in [1.807, 2.05) is 0 Å². The predicted octanol–water partition coefficient (Wildman–Crippen LogP) is 2.14. The van der Waals surface area contributed by atoms with E-state index in [9.17, 15) is 0 Å². The summed E-state index contributed by atoms with van der Waals surface area (Å²) in [6.07, 6.45) is 0. The van der Waals surface area contributed by atoms with Gasteiger partial charge >= 0.3 is 0 Å². The van der Waals surface area contributed by atoms with Crippen LogP contribution < -0.4 is 10.6 Å². The Balaban J connectivity index is 2.23. The molecule has 0 aromatic carbocycles. The van der Waals surface area contributed by atoms with E-state index >= 15 is 0 Å². The van der Waals surface area contributed by atoms with Gasteiger partial charge in [-0.25, -0.2) is 0 Å². The van der Waals surface area contributed by atoms with Gasteiger partial charge in [0.05, 0.1) is 0 Å². The van der Waals surface area contributed by atoms with Gasteiger partial charge in [0.2, 0.25) is 0 Å². The molecular weight excluding hydrogens is 192 g/mol. The lowest BCUT2D eigenvalue weighted by molar-refractivity contribution is 0.509. The lowest BCUT2D eigenvalue weighted by Crippen LogP contribution is -2.35. The topological polar surface area (TPSA) is 24.1 Å². The molecule has 0 radical (unpaired) electrons. The molecule has 1 aromatic rings. The average Bonchev–Trinajstić information content (AvgIpc) is 2.58. The molecule has 1 aromatic heterocycles. The molecule has 1 atom stereocenters. The summed E-state index contributed by atoms with van der Waals surface area (Å²) in [5.74, 6) is 0. The molecular formula is C11H20N2S. The van der Waals surface area contributed by atoms with Crippen molar-refractivity contribution in [1.29, 1.82) is 0 Å². The van der Waals surface area contributed by atoms with Crippen molar-refractivity contribution in [2.45, 2.75) is 33.4 Å². The van der Waals surface area contributed by atoms with Crippen LogP contribution in [-0.2, 0) is 6.54 Å². The van der Waals surface area contributed by atoms with Gasteiger partial charge < -0.3 is 10.6 Å². The molecule has 1 rings (SSSR count). The average molecular weight is 212 g/mol. The fourth-order valence-corrected chi connectivity index (χ4v) is 2.14. The second-order valence-electron chi connectivity index (χ2n) is 3.67. The Morgan fingerprint density at radius 2 is 2.21 bits per heavy atom. The van der Waals surface area contributed by atoms with Crippen molar-refractivity contribution in [3.8, 4) is 0 Å². The minimum atomic E-state index is 0.536. The van der Waals surface area contributed by atoms with E-state index in [-0.39, 0.29) is 0 Å². The first kappa shape index (κ1) is 11.7. The number of nitrogens with one attached hydrogen (secondary N) is 2. The zero-order chi connectivity index (χ0) is 10.4. The Kier molecular flexibility index (Phi) is 5.15. The molecule has 1 unspecified atom stereocenters. The number of aryl methyl sites for hydroxylation is 1. The fourth-order valence-electron chi connectivity index (χ4n) is 1.29. The first-order valence-electron chi connectivity index (χ1n) is 5.19. The molecule has 14 heavy (non-hydrogen) atoms. The van der Waals surface area contributed by atoms with Crippen LogP contribution in [0.1, 0.15) is 25.0 Å². The van der Waals surface area contributed by atoms with Gasteiger partial charge in [-0.05, 0) is 42.3 Å². The van der Waals surface area contributed by atoms with Crippen molar-refractivity contribution in [3.63, 3.8) is 0 Å². The zero-order valence-electron chi connectivity index (χ0n) is 9.26. The van der Waals surface area contributed by atoms with Gasteiger partial charge in [0.25, 0.3) is 0 Å². The van der Waals surface area contributed by atoms with E-state index in [1.54, 1.807) is 11.3 Å². The summed E-state index contributed by atoms with van der Waals surface area (Å²) in [6.45, 7) is 9.59. The summed E-state index contributed by atoms with van der Waals surface area (Å²) in [6, 6.07) is 0.536. The SMILES string of the molecule is CCNCC(C)NCc1cscc1C. The summed E-state index contributed by atoms with van der Waals surface area (Å²) in [4.78, 5) is 0. The monoisotopic (exact) mass is 212 g/mol. The first-order chi connectivity index (χ1) is 6.74. The maximum absolute atomic E-state index is 3.50. The number of hydrogen-bond donors (Lipinski definition) is 2. The van der Waals surface area contributed by atoms with E-state index in [2.05, 4.69) is 42.2 Å². The molecule has 1 heterocycles. The summed E-state index contributed by atoms with van der Waals surface area (Å²) in [5.41, 5.74) is 2.83. The highest BCUT2D eigenvalue weighted by atomic mass is 32.1. The van der Waals surface area contributed by atoms with Crippen molar-refractivity contribution < 1.29 is 0 Å². The molecule has 0 aliphatic rings. The van der Waals surface area contributed by atoms with Crippen LogP contribution in [0, 0.1) is 6.92 Å². The molecule has 3 heteroatoms. The van der Waals surface area contributed by atoms with Gasteiger partial charge in [-0.2, -0.15) is 11.3 Å². The Morgan fingerprint density at radius 3 is 2.79 bits per heavy atom. The molecule has 2 nitrogen and oxygen atoms in total. The normalized spacial score (nSPS) is 13.1. The van der Waals surface area contributed by atoms with E-state index in [1.165, 1.54) is 11.1 Å². The Labute approximate surface area is 90.7 Å². The van der Waals surface area contributed by atoms with Gasteiger partial charge in [0.1, 0.15) is 0 Å². The molecule has 0 saturated carbocycles. The van der Waals surface area contributed by atoms with Crippen LogP contribution in [0.3, 0.4) is 0 Å². The third-order valence-electron chi connectivity index (χ3n) is 2.30. The Bertz CT molecular complexity index is 258. The molecule has 0 bridgehead atoms. The predicted molar refractivity (Wildman–Crippen MR) is 63.9 cm³/mol. The number of hydrogen-bond acceptors (Lipinski definition) is 3. The van der Waals surface area contributed by atoms with Crippen molar-refractivity contribution in [3.05, 3.63) is 21.9 Å².